The summed E-state index contributed by atoms with van der Waals surface area (Å²) in [5.41, 5.74) is 5.56. The highest BCUT2D eigenvalue weighted by Crippen LogP contribution is 2.18. The molecule has 4 N–H and O–H groups in total. The second-order valence-corrected chi connectivity index (χ2v) is 5.32. The van der Waals surface area contributed by atoms with Crippen molar-refractivity contribution < 1.29 is 9.59 Å². The zero-order valence-electron chi connectivity index (χ0n) is 11.4. The van der Waals surface area contributed by atoms with Crippen LogP contribution >= 0.6 is 0 Å². The Morgan fingerprint density at radius 2 is 2.00 bits per heavy atom. The van der Waals surface area contributed by atoms with E-state index in [1.807, 2.05) is 13.8 Å². The van der Waals surface area contributed by atoms with Gasteiger partial charge in [0.2, 0.25) is 11.8 Å². The Morgan fingerprint density at radius 1 is 1.33 bits per heavy atom. The molecule has 1 aliphatic carbocycles. The van der Waals surface area contributed by atoms with E-state index in [0.717, 1.165) is 12.8 Å². The van der Waals surface area contributed by atoms with Crippen molar-refractivity contribution in [2.75, 3.05) is 13.1 Å². The molecule has 104 valence electrons. The lowest BCUT2D eigenvalue weighted by molar-refractivity contribution is -0.126. The molecule has 0 saturated heterocycles. The highest BCUT2D eigenvalue weighted by molar-refractivity contribution is 5.79. The van der Waals surface area contributed by atoms with E-state index >= 15 is 0 Å². The molecule has 0 heterocycles. The Kier molecular flexibility index (Phi) is 6.12. The first-order chi connectivity index (χ1) is 8.54. The summed E-state index contributed by atoms with van der Waals surface area (Å²) in [6.45, 7) is 4.88. The van der Waals surface area contributed by atoms with Crippen molar-refractivity contribution in [2.24, 2.45) is 17.6 Å². The summed E-state index contributed by atoms with van der Waals surface area (Å²) in [5.74, 6) is 0.194. The third-order valence-electron chi connectivity index (χ3n) is 3.22. The smallest absolute Gasteiger partial charge is 0.224 e. The second kappa shape index (κ2) is 7.36. The number of nitrogens with one attached hydrogen (secondary N) is 2. The van der Waals surface area contributed by atoms with Gasteiger partial charge in [0.25, 0.3) is 0 Å². The van der Waals surface area contributed by atoms with Gasteiger partial charge in [0, 0.05) is 25.6 Å². The van der Waals surface area contributed by atoms with Crippen molar-refractivity contribution in [3.63, 3.8) is 0 Å². The van der Waals surface area contributed by atoms with Gasteiger partial charge >= 0.3 is 0 Å². The van der Waals surface area contributed by atoms with Gasteiger partial charge in [-0.2, -0.15) is 0 Å². The van der Waals surface area contributed by atoms with Crippen LogP contribution < -0.4 is 16.4 Å². The third kappa shape index (κ3) is 5.49. The van der Waals surface area contributed by atoms with Crippen LogP contribution in [-0.2, 0) is 9.59 Å². The van der Waals surface area contributed by atoms with Crippen molar-refractivity contribution in [1.29, 1.82) is 0 Å². The van der Waals surface area contributed by atoms with Gasteiger partial charge in [0.15, 0.2) is 0 Å². The summed E-state index contributed by atoms with van der Waals surface area (Å²) in [6, 6.07) is 0.412. The number of nitrogens with two attached hydrogens (primary N) is 1. The number of carbonyl (C=O) groups is 2. The predicted molar refractivity (Wildman–Crippen MR) is 70.8 cm³/mol. The molecule has 0 radical (unpaired) electrons. The van der Waals surface area contributed by atoms with Crippen molar-refractivity contribution >= 4 is 11.8 Å². The van der Waals surface area contributed by atoms with Gasteiger partial charge in [-0.15, -0.1) is 0 Å². The molecule has 5 nitrogen and oxygen atoms in total. The van der Waals surface area contributed by atoms with E-state index in [2.05, 4.69) is 10.6 Å². The van der Waals surface area contributed by atoms with Crippen molar-refractivity contribution in [1.82, 2.24) is 10.6 Å². The summed E-state index contributed by atoms with van der Waals surface area (Å²) in [6.07, 6.45) is 3.37. The van der Waals surface area contributed by atoms with Crippen molar-refractivity contribution in [3.8, 4) is 0 Å². The van der Waals surface area contributed by atoms with Gasteiger partial charge in [-0.25, -0.2) is 0 Å². The van der Waals surface area contributed by atoms with E-state index in [1.54, 1.807) is 0 Å². The van der Waals surface area contributed by atoms with E-state index < -0.39 is 0 Å². The Bertz CT molecular complexity index is 288. The monoisotopic (exact) mass is 255 g/mol. The zero-order chi connectivity index (χ0) is 13.5. The zero-order valence-corrected chi connectivity index (χ0v) is 11.4. The van der Waals surface area contributed by atoms with E-state index in [4.69, 9.17) is 5.73 Å². The Balaban J connectivity index is 2.08. The Morgan fingerprint density at radius 3 is 2.50 bits per heavy atom. The van der Waals surface area contributed by atoms with Crippen molar-refractivity contribution in [2.45, 2.75) is 45.6 Å². The van der Waals surface area contributed by atoms with Crippen LogP contribution in [0.25, 0.3) is 0 Å². The Hall–Kier alpha value is -1.10. The third-order valence-corrected chi connectivity index (χ3v) is 3.22. The molecule has 1 rings (SSSR count). The molecular formula is C13H25N3O2. The fourth-order valence-corrected chi connectivity index (χ4v) is 1.80. The molecule has 1 unspecified atom stereocenters. The van der Waals surface area contributed by atoms with Crippen LogP contribution in [0.4, 0.5) is 0 Å². The quantitative estimate of drug-likeness (QED) is 0.549. The predicted octanol–water partition coefficient (Wildman–Crippen LogP) is 0.392. The van der Waals surface area contributed by atoms with E-state index in [1.165, 1.54) is 0 Å². The maximum atomic E-state index is 11.8. The minimum Gasteiger partial charge on any atom is -0.356 e. The minimum absolute atomic E-state index is 0.00454. The van der Waals surface area contributed by atoms with Gasteiger partial charge in [0.05, 0.1) is 5.92 Å². The first-order valence-electron chi connectivity index (χ1n) is 6.81. The van der Waals surface area contributed by atoms with Crippen LogP contribution in [0.1, 0.15) is 39.5 Å². The lowest BCUT2D eigenvalue weighted by Gasteiger charge is -2.18. The lowest BCUT2D eigenvalue weighted by atomic mass is 9.95. The number of hydrogen-bond donors (Lipinski definition) is 3. The summed E-state index contributed by atoms with van der Waals surface area (Å²) < 4.78 is 0. The largest absolute Gasteiger partial charge is 0.356 e. The molecule has 0 aromatic carbocycles. The average Bonchev–Trinajstić information content (AvgIpc) is 3.08. The normalized spacial score (nSPS) is 16.4. The fraction of sp³-hybridized carbons (Fsp3) is 0.846. The van der Waals surface area contributed by atoms with Crippen LogP contribution in [0.2, 0.25) is 0 Å². The first-order valence-corrected chi connectivity index (χ1v) is 6.81. The summed E-state index contributed by atoms with van der Waals surface area (Å²) in [5, 5.41) is 5.76. The van der Waals surface area contributed by atoms with Crippen LogP contribution in [0.15, 0.2) is 0 Å². The lowest BCUT2D eigenvalue weighted by Crippen LogP contribution is -2.38. The van der Waals surface area contributed by atoms with Crippen molar-refractivity contribution in [3.05, 3.63) is 0 Å². The van der Waals surface area contributed by atoms with Crippen LogP contribution in [0, 0.1) is 11.8 Å². The highest BCUT2D eigenvalue weighted by atomic mass is 16.2. The maximum absolute atomic E-state index is 11.8. The molecule has 2 amide bonds. The van der Waals surface area contributed by atoms with Crippen LogP contribution in [0.3, 0.4) is 0 Å². The van der Waals surface area contributed by atoms with Gasteiger partial charge in [-0.3, -0.25) is 9.59 Å². The molecule has 0 aliphatic heterocycles. The number of hydrogen-bond acceptors (Lipinski definition) is 3. The van der Waals surface area contributed by atoms with Crippen LogP contribution in [0.5, 0.6) is 0 Å². The van der Waals surface area contributed by atoms with Gasteiger partial charge in [-0.05, 0) is 25.2 Å². The standard InChI is InChI=1S/C13H25N3O2/c1-9(2)11(8-14)13(18)15-7-3-4-12(17)16-10-5-6-10/h9-11H,3-8,14H2,1-2H3,(H,15,18)(H,16,17). The van der Waals surface area contributed by atoms with Crippen LogP contribution in [-0.4, -0.2) is 30.9 Å². The fourth-order valence-electron chi connectivity index (χ4n) is 1.80. The molecule has 18 heavy (non-hydrogen) atoms. The topological polar surface area (TPSA) is 84.2 Å². The van der Waals surface area contributed by atoms with E-state index in [0.29, 0.717) is 32.0 Å². The second-order valence-electron chi connectivity index (χ2n) is 5.32. The first kappa shape index (κ1) is 15.0. The molecule has 0 aromatic rings. The molecule has 1 fully saturated rings. The molecule has 0 bridgehead atoms. The van der Waals surface area contributed by atoms with Gasteiger partial charge in [-0.1, -0.05) is 13.8 Å². The van der Waals surface area contributed by atoms with E-state index in [9.17, 15) is 9.59 Å². The molecule has 0 spiro atoms. The van der Waals surface area contributed by atoms with Gasteiger partial charge in [0.1, 0.15) is 0 Å². The molecule has 5 heteroatoms. The summed E-state index contributed by atoms with van der Waals surface area (Å²) in [7, 11) is 0. The maximum Gasteiger partial charge on any atom is 0.224 e. The highest BCUT2D eigenvalue weighted by Gasteiger charge is 2.23. The Labute approximate surface area is 109 Å². The number of carbonyl (C=O) groups excluding carboxylic acids is 2. The average molecular weight is 255 g/mol. The molecule has 0 aromatic heterocycles. The number of amides is 2. The SMILES string of the molecule is CC(C)C(CN)C(=O)NCCCC(=O)NC1CC1. The number of rotatable bonds is 8. The molecule has 1 aliphatic rings. The molecule has 1 saturated carbocycles. The summed E-state index contributed by atoms with van der Waals surface area (Å²) in [4.78, 5) is 23.1. The van der Waals surface area contributed by atoms with E-state index in [-0.39, 0.29) is 23.7 Å². The molecular weight excluding hydrogens is 230 g/mol. The minimum atomic E-state index is -0.134. The van der Waals surface area contributed by atoms with Gasteiger partial charge < -0.3 is 16.4 Å². The molecule has 1 atom stereocenters. The summed E-state index contributed by atoms with van der Waals surface area (Å²) >= 11 is 0.